The average Bonchev–Trinajstić information content (AvgIpc) is 3.02. The van der Waals surface area contributed by atoms with E-state index in [0.29, 0.717) is 6.61 Å². The highest BCUT2D eigenvalue weighted by molar-refractivity contribution is 5.95. The van der Waals surface area contributed by atoms with Crippen molar-refractivity contribution < 1.29 is 4.74 Å². The Morgan fingerprint density at radius 2 is 1.94 bits per heavy atom. The molecule has 0 spiro atoms. The van der Waals surface area contributed by atoms with Crippen LogP contribution in [0.1, 0.15) is 18.4 Å². The van der Waals surface area contributed by atoms with E-state index >= 15 is 0 Å². The van der Waals surface area contributed by atoms with E-state index in [4.69, 9.17) is 10.5 Å². The largest absolute Gasteiger partial charge is 0.475 e. The van der Waals surface area contributed by atoms with Crippen molar-refractivity contribution in [3.63, 3.8) is 0 Å². The van der Waals surface area contributed by atoms with Crippen LogP contribution in [0.15, 0.2) is 29.3 Å². The van der Waals surface area contributed by atoms with Crippen molar-refractivity contribution in [3.05, 3.63) is 29.8 Å². The molecule has 18 heavy (non-hydrogen) atoms. The monoisotopic (exact) mass is 245 g/mol. The zero-order chi connectivity index (χ0) is 12.4. The highest BCUT2D eigenvalue weighted by Crippen LogP contribution is 2.16. The van der Waals surface area contributed by atoms with E-state index in [1.54, 1.807) is 0 Å². The minimum Gasteiger partial charge on any atom is -0.475 e. The lowest BCUT2D eigenvalue weighted by Crippen LogP contribution is -2.29. The Bertz CT molecular complexity index is 435. The van der Waals surface area contributed by atoms with Crippen molar-refractivity contribution in [2.45, 2.75) is 18.9 Å². The lowest BCUT2D eigenvalue weighted by atomic mass is 10.2. The third-order valence-corrected chi connectivity index (χ3v) is 3.54. The zero-order valence-electron chi connectivity index (χ0n) is 10.5. The highest BCUT2D eigenvalue weighted by Gasteiger charge is 2.23. The molecule has 4 nitrogen and oxygen atoms in total. The van der Waals surface area contributed by atoms with Crippen LogP contribution < -0.4 is 5.73 Å². The summed E-state index contributed by atoms with van der Waals surface area (Å²) in [5.74, 6) is 0.763. The summed E-state index contributed by atoms with van der Waals surface area (Å²) in [7, 11) is 0. The second-order valence-corrected chi connectivity index (χ2v) is 5.03. The summed E-state index contributed by atoms with van der Waals surface area (Å²) in [5.41, 5.74) is 7.46. The summed E-state index contributed by atoms with van der Waals surface area (Å²) < 4.78 is 5.68. The third kappa shape index (κ3) is 2.48. The lowest BCUT2D eigenvalue weighted by Gasteiger charge is -2.16. The Morgan fingerprint density at radius 3 is 2.67 bits per heavy atom. The number of hydrogen-bond acceptors (Lipinski definition) is 4. The topological polar surface area (TPSA) is 50.8 Å². The predicted octanol–water partition coefficient (Wildman–Crippen LogP) is 1.51. The summed E-state index contributed by atoms with van der Waals surface area (Å²) >= 11 is 0. The van der Waals surface area contributed by atoms with Crippen molar-refractivity contribution in [2.24, 2.45) is 4.99 Å². The molecule has 0 radical (unpaired) electrons. The second-order valence-electron chi connectivity index (χ2n) is 5.03. The molecule has 1 atom stereocenters. The predicted molar refractivity (Wildman–Crippen MR) is 72.8 cm³/mol. The molecule has 0 aliphatic carbocycles. The summed E-state index contributed by atoms with van der Waals surface area (Å²) in [6, 6.07) is 7.98. The van der Waals surface area contributed by atoms with Gasteiger partial charge in [-0.05, 0) is 50.2 Å². The maximum atomic E-state index is 5.68. The minimum absolute atomic E-state index is 0.288. The molecule has 1 aromatic rings. The number of hydrogen-bond donors (Lipinski definition) is 1. The van der Waals surface area contributed by atoms with Gasteiger partial charge in [-0.1, -0.05) is 0 Å². The van der Waals surface area contributed by atoms with Gasteiger partial charge in [0.1, 0.15) is 12.6 Å². The second kappa shape index (κ2) is 4.98. The number of nitrogens with zero attached hydrogens (tertiary/aromatic N) is 2. The number of ether oxygens (including phenoxy) is 1. The van der Waals surface area contributed by atoms with E-state index < -0.39 is 0 Å². The molecule has 3 rings (SSSR count). The van der Waals surface area contributed by atoms with E-state index in [1.165, 1.54) is 25.9 Å². The third-order valence-electron chi connectivity index (χ3n) is 3.54. The lowest BCUT2D eigenvalue weighted by molar-refractivity contribution is 0.261. The Morgan fingerprint density at radius 1 is 1.22 bits per heavy atom. The average molecular weight is 245 g/mol. The number of anilines is 1. The fourth-order valence-electron chi connectivity index (χ4n) is 2.56. The van der Waals surface area contributed by atoms with Crippen LogP contribution in [0.4, 0.5) is 5.69 Å². The first-order chi connectivity index (χ1) is 8.81. The number of benzene rings is 1. The molecule has 2 N–H and O–H groups in total. The molecule has 0 bridgehead atoms. The number of rotatable bonds is 3. The summed E-state index contributed by atoms with van der Waals surface area (Å²) in [5, 5.41) is 0. The van der Waals surface area contributed by atoms with E-state index in [-0.39, 0.29) is 6.04 Å². The van der Waals surface area contributed by atoms with Gasteiger partial charge in [0.15, 0.2) is 0 Å². The Hall–Kier alpha value is -1.55. The summed E-state index contributed by atoms with van der Waals surface area (Å²) in [4.78, 5) is 7.14. The van der Waals surface area contributed by atoms with Gasteiger partial charge in [0, 0.05) is 17.8 Å². The molecule has 96 valence electrons. The van der Waals surface area contributed by atoms with E-state index in [1.807, 2.05) is 24.3 Å². The maximum Gasteiger partial charge on any atom is 0.216 e. The fourth-order valence-corrected chi connectivity index (χ4v) is 2.56. The molecule has 0 saturated carbocycles. The number of aliphatic imine (C=N–C) groups is 1. The minimum atomic E-state index is 0.288. The van der Waals surface area contributed by atoms with Gasteiger partial charge >= 0.3 is 0 Å². The molecule has 0 amide bonds. The molecule has 2 aliphatic heterocycles. The van der Waals surface area contributed by atoms with Gasteiger partial charge in [0.05, 0.1) is 0 Å². The standard InChI is InChI=1S/C14H19N3O/c15-12-5-3-11(4-6-12)14-16-13(10-18-14)9-17-7-1-2-8-17/h3-6,13H,1-2,7-10,15H2/t13-/m0/s1. The quantitative estimate of drug-likeness (QED) is 0.821. The van der Waals surface area contributed by atoms with Crippen LogP contribution >= 0.6 is 0 Å². The van der Waals surface area contributed by atoms with E-state index in [0.717, 1.165) is 23.7 Å². The Labute approximate surface area is 107 Å². The van der Waals surface area contributed by atoms with Crippen molar-refractivity contribution >= 4 is 11.6 Å². The van der Waals surface area contributed by atoms with Crippen LogP contribution in [0.25, 0.3) is 0 Å². The van der Waals surface area contributed by atoms with Gasteiger partial charge in [-0.2, -0.15) is 0 Å². The smallest absolute Gasteiger partial charge is 0.216 e. The number of likely N-dealkylation sites (tertiary alicyclic amines) is 1. The normalized spacial score (nSPS) is 24.0. The first-order valence-electron chi connectivity index (χ1n) is 6.60. The summed E-state index contributed by atoms with van der Waals surface area (Å²) in [6.07, 6.45) is 2.64. The van der Waals surface area contributed by atoms with Crippen molar-refractivity contribution in [2.75, 3.05) is 32.0 Å². The van der Waals surface area contributed by atoms with Gasteiger partial charge in [0.2, 0.25) is 5.90 Å². The van der Waals surface area contributed by atoms with Crippen LogP contribution in [0.5, 0.6) is 0 Å². The molecule has 2 aliphatic rings. The van der Waals surface area contributed by atoms with Crippen LogP contribution in [-0.2, 0) is 4.74 Å². The number of nitrogens with two attached hydrogens (primary N) is 1. The van der Waals surface area contributed by atoms with Crippen molar-refractivity contribution in [1.82, 2.24) is 4.90 Å². The molecule has 0 aromatic heterocycles. The molecule has 0 unspecified atom stereocenters. The molecule has 2 heterocycles. The van der Waals surface area contributed by atoms with Crippen molar-refractivity contribution in [1.29, 1.82) is 0 Å². The van der Waals surface area contributed by atoms with Gasteiger partial charge in [-0.3, -0.25) is 0 Å². The Kier molecular flexibility index (Phi) is 3.19. The highest BCUT2D eigenvalue weighted by atomic mass is 16.5. The molecule has 1 fully saturated rings. The van der Waals surface area contributed by atoms with Gasteiger partial charge in [-0.15, -0.1) is 0 Å². The van der Waals surface area contributed by atoms with Gasteiger partial charge in [-0.25, -0.2) is 4.99 Å². The number of nitrogen functional groups attached to an aromatic ring is 1. The fraction of sp³-hybridized carbons (Fsp3) is 0.500. The van der Waals surface area contributed by atoms with Crippen LogP contribution in [0.2, 0.25) is 0 Å². The first kappa shape index (κ1) is 11.5. The van der Waals surface area contributed by atoms with E-state index in [2.05, 4.69) is 9.89 Å². The SMILES string of the molecule is Nc1ccc(C2=N[C@@H](CN3CCCC3)CO2)cc1. The summed E-state index contributed by atoms with van der Waals surface area (Å²) in [6.45, 7) is 4.15. The van der Waals surface area contributed by atoms with Crippen LogP contribution in [0.3, 0.4) is 0 Å². The maximum absolute atomic E-state index is 5.68. The Balaban J connectivity index is 1.65. The molecular weight excluding hydrogens is 226 g/mol. The first-order valence-corrected chi connectivity index (χ1v) is 6.60. The van der Waals surface area contributed by atoms with Gasteiger partial charge in [0.25, 0.3) is 0 Å². The van der Waals surface area contributed by atoms with E-state index in [9.17, 15) is 0 Å². The molecular formula is C14H19N3O. The van der Waals surface area contributed by atoms with Crippen molar-refractivity contribution in [3.8, 4) is 0 Å². The molecule has 4 heteroatoms. The zero-order valence-corrected chi connectivity index (χ0v) is 10.5. The van der Waals surface area contributed by atoms with Gasteiger partial charge < -0.3 is 15.4 Å². The van der Waals surface area contributed by atoms with Crippen LogP contribution in [0, 0.1) is 0 Å². The molecule has 1 aromatic carbocycles. The van der Waals surface area contributed by atoms with Crippen LogP contribution in [-0.4, -0.2) is 43.1 Å². The molecule has 1 saturated heterocycles.